The van der Waals surface area contributed by atoms with E-state index in [0.717, 1.165) is 16.8 Å². The Balaban J connectivity index is 2.25. The number of nitrogens with zero attached hydrogens (tertiary/aromatic N) is 1. The van der Waals surface area contributed by atoms with Gasteiger partial charge in [0, 0.05) is 17.8 Å². The van der Waals surface area contributed by atoms with Gasteiger partial charge in [0.05, 0.1) is 0 Å². The zero-order valence-corrected chi connectivity index (χ0v) is 13.1. The molecule has 0 aliphatic rings. The molecule has 0 radical (unpaired) electrons. The number of amides is 1. The van der Waals surface area contributed by atoms with Gasteiger partial charge in [0.1, 0.15) is 11.0 Å². The number of rotatable bonds is 4. The van der Waals surface area contributed by atoms with Crippen LogP contribution >= 0.6 is 11.6 Å². The van der Waals surface area contributed by atoms with Crippen molar-refractivity contribution >= 4 is 29.0 Å². The highest BCUT2D eigenvalue weighted by atomic mass is 35.5. The lowest BCUT2D eigenvalue weighted by atomic mass is 10.1. The molecule has 0 aliphatic carbocycles. The van der Waals surface area contributed by atoms with E-state index in [2.05, 4.69) is 15.6 Å². The molecule has 0 spiro atoms. The molecule has 2 aromatic rings. The van der Waals surface area contributed by atoms with Crippen LogP contribution in [0.2, 0.25) is 5.15 Å². The predicted octanol–water partition coefficient (Wildman–Crippen LogP) is 4.04. The van der Waals surface area contributed by atoms with Crippen molar-refractivity contribution in [3.63, 3.8) is 0 Å². The Morgan fingerprint density at radius 3 is 2.71 bits per heavy atom. The highest BCUT2D eigenvalue weighted by molar-refractivity contribution is 6.30. The molecule has 0 aliphatic heterocycles. The van der Waals surface area contributed by atoms with Gasteiger partial charge in [-0.3, -0.25) is 4.79 Å². The average molecular weight is 304 g/mol. The van der Waals surface area contributed by atoms with E-state index >= 15 is 0 Å². The maximum Gasteiger partial charge on any atom is 0.255 e. The number of hydrogen-bond acceptors (Lipinski definition) is 3. The molecule has 0 atom stereocenters. The molecule has 2 N–H and O–H groups in total. The summed E-state index contributed by atoms with van der Waals surface area (Å²) in [4.78, 5) is 16.5. The molecule has 1 aromatic heterocycles. The molecule has 0 saturated heterocycles. The summed E-state index contributed by atoms with van der Waals surface area (Å²) < 4.78 is 0. The van der Waals surface area contributed by atoms with Gasteiger partial charge < -0.3 is 10.6 Å². The second kappa shape index (κ2) is 6.59. The van der Waals surface area contributed by atoms with Gasteiger partial charge in [0.25, 0.3) is 5.91 Å². The van der Waals surface area contributed by atoms with E-state index in [9.17, 15) is 4.79 Å². The van der Waals surface area contributed by atoms with Crippen LogP contribution < -0.4 is 10.6 Å². The van der Waals surface area contributed by atoms with Crippen molar-refractivity contribution in [3.05, 3.63) is 52.2 Å². The number of anilines is 2. The Kier molecular flexibility index (Phi) is 4.81. The number of aryl methyl sites for hydroxylation is 2. The predicted molar refractivity (Wildman–Crippen MR) is 87.3 cm³/mol. The second-order valence-corrected chi connectivity index (χ2v) is 5.25. The van der Waals surface area contributed by atoms with Crippen molar-refractivity contribution in [2.24, 2.45) is 0 Å². The second-order valence-electron chi connectivity index (χ2n) is 4.87. The fourth-order valence-electron chi connectivity index (χ4n) is 1.96. The van der Waals surface area contributed by atoms with Crippen LogP contribution in [0.5, 0.6) is 0 Å². The maximum absolute atomic E-state index is 12.4. The fraction of sp³-hybridized carbons (Fsp3) is 0.250. The molecule has 21 heavy (non-hydrogen) atoms. The molecule has 5 heteroatoms. The minimum Gasteiger partial charge on any atom is -0.370 e. The first kappa shape index (κ1) is 15.3. The first-order chi connectivity index (χ1) is 9.99. The highest BCUT2D eigenvalue weighted by Gasteiger charge is 2.11. The van der Waals surface area contributed by atoms with E-state index in [0.29, 0.717) is 23.1 Å². The summed E-state index contributed by atoms with van der Waals surface area (Å²) in [5.41, 5.74) is 3.39. The smallest absolute Gasteiger partial charge is 0.255 e. The first-order valence-electron chi connectivity index (χ1n) is 6.79. The molecule has 0 unspecified atom stereocenters. The molecule has 0 bridgehead atoms. The molecule has 110 valence electrons. The molecule has 1 amide bonds. The Bertz CT molecular complexity index is 671. The lowest BCUT2D eigenvalue weighted by molar-refractivity contribution is 0.102. The number of nitrogens with one attached hydrogen (secondary N) is 2. The van der Waals surface area contributed by atoms with Crippen LogP contribution in [0.1, 0.15) is 28.4 Å². The normalized spacial score (nSPS) is 10.3. The van der Waals surface area contributed by atoms with Gasteiger partial charge >= 0.3 is 0 Å². The van der Waals surface area contributed by atoms with Gasteiger partial charge in [-0.1, -0.05) is 23.7 Å². The van der Waals surface area contributed by atoms with Gasteiger partial charge in [0.2, 0.25) is 0 Å². The van der Waals surface area contributed by atoms with Crippen LogP contribution in [0, 0.1) is 13.8 Å². The minimum atomic E-state index is -0.202. The highest BCUT2D eigenvalue weighted by Crippen LogP contribution is 2.19. The lowest BCUT2D eigenvalue weighted by Gasteiger charge is -2.11. The quantitative estimate of drug-likeness (QED) is 0.838. The van der Waals surface area contributed by atoms with E-state index in [-0.39, 0.29) is 5.91 Å². The summed E-state index contributed by atoms with van der Waals surface area (Å²) in [7, 11) is 0. The lowest BCUT2D eigenvalue weighted by Crippen LogP contribution is -2.14. The van der Waals surface area contributed by atoms with Crippen LogP contribution in [-0.4, -0.2) is 17.4 Å². The zero-order valence-electron chi connectivity index (χ0n) is 12.3. The Hall–Kier alpha value is -2.07. The largest absolute Gasteiger partial charge is 0.370 e. The van der Waals surface area contributed by atoms with E-state index in [1.807, 2.05) is 39.0 Å². The van der Waals surface area contributed by atoms with Crippen LogP contribution in [0.4, 0.5) is 11.5 Å². The van der Waals surface area contributed by atoms with Crippen molar-refractivity contribution in [1.29, 1.82) is 0 Å². The number of carbonyl (C=O) groups is 1. The Morgan fingerprint density at radius 2 is 2.00 bits per heavy atom. The number of benzene rings is 1. The summed E-state index contributed by atoms with van der Waals surface area (Å²) in [6.07, 6.45) is 0. The van der Waals surface area contributed by atoms with E-state index in [1.165, 1.54) is 0 Å². The third kappa shape index (κ3) is 3.95. The van der Waals surface area contributed by atoms with E-state index < -0.39 is 0 Å². The van der Waals surface area contributed by atoms with Gasteiger partial charge in [-0.2, -0.15) is 0 Å². The van der Waals surface area contributed by atoms with Gasteiger partial charge in [0.15, 0.2) is 0 Å². The van der Waals surface area contributed by atoms with Crippen LogP contribution in [-0.2, 0) is 0 Å². The first-order valence-corrected chi connectivity index (χ1v) is 7.17. The molecule has 1 heterocycles. The summed E-state index contributed by atoms with van der Waals surface area (Å²) >= 11 is 5.96. The molecular formula is C16H18ClN3O. The third-order valence-electron chi connectivity index (χ3n) is 3.06. The molecular weight excluding hydrogens is 286 g/mol. The summed E-state index contributed by atoms with van der Waals surface area (Å²) in [6.45, 7) is 6.62. The van der Waals surface area contributed by atoms with Crippen molar-refractivity contribution in [2.75, 3.05) is 17.2 Å². The Labute approximate surface area is 129 Å². The summed E-state index contributed by atoms with van der Waals surface area (Å²) in [6, 6.07) is 9.19. The van der Waals surface area contributed by atoms with Crippen LogP contribution in [0.15, 0.2) is 30.3 Å². The standard InChI is InChI=1S/C16H18ClN3O/c1-4-18-15-9-12(8-14(17)20-15)16(21)19-13-7-10(2)5-6-11(13)3/h5-9H,4H2,1-3H3,(H,18,20)(H,19,21). The number of hydrogen-bond donors (Lipinski definition) is 2. The summed E-state index contributed by atoms with van der Waals surface area (Å²) in [5.74, 6) is 0.392. The van der Waals surface area contributed by atoms with Crippen LogP contribution in [0.25, 0.3) is 0 Å². The zero-order chi connectivity index (χ0) is 15.4. The number of halogens is 1. The van der Waals surface area contributed by atoms with Gasteiger partial charge in [-0.05, 0) is 50.1 Å². The molecule has 0 fully saturated rings. The van der Waals surface area contributed by atoms with Gasteiger partial charge in [-0.15, -0.1) is 0 Å². The minimum absolute atomic E-state index is 0.202. The Morgan fingerprint density at radius 1 is 1.24 bits per heavy atom. The number of pyridine rings is 1. The molecule has 0 saturated carbocycles. The SMILES string of the molecule is CCNc1cc(C(=O)Nc2cc(C)ccc2C)cc(Cl)n1. The van der Waals surface area contributed by atoms with E-state index in [1.54, 1.807) is 12.1 Å². The van der Waals surface area contributed by atoms with Crippen molar-refractivity contribution < 1.29 is 4.79 Å². The fourth-order valence-corrected chi connectivity index (χ4v) is 2.17. The van der Waals surface area contributed by atoms with Crippen molar-refractivity contribution in [2.45, 2.75) is 20.8 Å². The third-order valence-corrected chi connectivity index (χ3v) is 3.25. The monoisotopic (exact) mass is 303 g/mol. The molecule has 2 rings (SSSR count). The molecule has 4 nitrogen and oxygen atoms in total. The molecule has 1 aromatic carbocycles. The van der Waals surface area contributed by atoms with Gasteiger partial charge in [-0.25, -0.2) is 4.98 Å². The van der Waals surface area contributed by atoms with E-state index in [4.69, 9.17) is 11.6 Å². The number of carbonyl (C=O) groups excluding carboxylic acids is 1. The average Bonchev–Trinajstić information content (AvgIpc) is 2.42. The van der Waals surface area contributed by atoms with Crippen molar-refractivity contribution in [3.8, 4) is 0 Å². The number of aromatic nitrogens is 1. The topological polar surface area (TPSA) is 54.0 Å². The van der Waals surface area contributed by atoms with Crippen molar-refractivity contribution in [1.82, 2.24) is 4.98 Å². The maximum atomic E-state index is 12.4. The summed E-state index contributed by atoms with van der Waals surface area (Å²) in [5, 5.41) is 6.25. The van der Waals surface area contributed by atoms with Crippen LogP contribution in [0.3, 0.4) is 0 Å².